The highest BCUT2D eigenvalue weighted by Crippen LogP contribution is 2.34. The van der Waals surface area contributed by atoms with E-state index >= 15 is 0 Å². The Morgan fingerprint density at radius 1 is 1.06 bits per heavy atom. The number of carbonyl (C=O) groups is 2. The summed E-state index contributed by atoms with van der Waals surface area (Å²) in [4.78, 5) is 34.2. The smallest absolute Gasteiger partial charge is 0.272 e. The van der Waals surface area contributed by atoms with Gasteiger partial charge in [0, 0.05) is 43.0 Å². The van der Waals surface area contributed by atoms with E-state index in [1.165, 1.54) is 11.8 Å². The van der Waals surface area contributed by atoms with Crippen molar-refractivity contribution in [3.63, 3.8) is 0 Å². The van der Waals surface area contributed by atoms with Crippen molar-refractivity contribution in [1.29, 1.82) is 0 Å². The third-order valence-electron chi connectivity index (χ3n) is 5.95. The lowest BCUT2D eigenvalue weighted by Gasteiger charge is -2.34. The van der Waals surface area contributed by atoms with Crippen LogP contribution in [-0.4, -0.2) is 71.7 Å². The molecule has 0 atom stereocenters. The number of nitrogens with zero attached hydrogens (tertiary/aromatic N) is 3. The van der Waals surface area contributed by atoms with Crippen LogP contribution in [0.4, 0.5) is 5.69 Å². The minimum absolute atomic E-state index is 0.00482. The first-order valence-electron chi connectivity index (χ1n) is 11.2. The largest absolute Gasteiger partial charge is 0.494 e. The minimum Gasteiger partial charge on any atom is -0.494 e. The lowest BCUT2D eigenvalue weighted by Crippen LogP contribution is -2.49. The van der Waals surface area contributed by atoms with E-state index in [-0.39, 0.29) is 11.8 Å². The summed E-state index contributed by atoms with van der Waals surface area (Å²) >= 11 is 1.54. The molecule has 3 aromatic rings. The molecule has 33 heavy (non-hydrogen) atoms. The zero-order valence-electron chi connectivity index (χ0n) is 18.3. The van der Waals surface area contributed by atoms with Crippen LogP contribution < -0.4 is 10.1 Å². The summed E-state index contributed by atoms with van der Waals surface area (Å²) in [6.07, 6.45) is 0.918. The van der Waals surface area contributed by atoms with Gasteiger partial charge in [-0.1, -0.05) is 24.3 Å². The number of anilines is 1. The van der Waals surface area contributed by atoms with Crippen LogP contribution >= 0.6 is 11.8 Å². The van der Waals surface area contributed by atoms with Crippen LogP contribution in [0.1, 0.15) is 16.9 Å². The molecule has 0 spiro atoms. The standard InChI is InChI=1S/C25H26N4O3S/c30-24-17-33-23-16-19(7-9-21(23)27-24)32-15-3-10-28-11-13-29(14-12-28)25(31)22-8-6-18-4-1-2-5-20(18)26-22/h1-2,4-9,16H,3,10-15,17H2,(H,27,30). The molecule has 0 bridgehead atoms. The van der Waals surface area contributed by atoms with Gasteiger partial charge < -0.3 is 15.0 Å². The number of pyridine rings is 1. The van der Waals surface area contributed by atoms with Gasteiger partial charge in [-0.3, -0.25) is 14.5 Å². The molecule has 0 radical (unpaired) electrons. The Morgan fingerprint density at radius 3 is 2.79 bits per heavy atom. The Bertz CT molecular complexity index is 1180. The number of amides is 2. The van der Waals surface area contributed by atoms with Gasteiger partial charge in [-0.2, -0.15) is 0 Å². The van der Waals surface area contributed by atoms with E-state index in [1.54, 1.807) is 0 Å². The van der Waals surface area contributed by atoms with Crippen molar-refractivity contribution >= 4 is 40.2 Å². The Kier molecular flexibility index (Phi) is 6.46. The average Bonchev–Trinajstić information content (AvgIpc) is 2.86. The molecule has 1 fully saturated rings. The summed E-state index contributed by atoms with van der Waals surface area (Å²) in [5.74, 6) is 1.32. The molecule has 3 heterocycles. The average molecular weight is 463 g/mol. The SMILES string of the molecule is O=C1CSc2cc(OCCCN3CCN(C(=O)c4ccc5ccccc5n4)CC3)ccc2N1. The fourth-order valence-corrected chi connectivity index (χ4v) is 4.98. The Labute approximate surface area is 197 Å². The van der Waals surface area contributed by atoms with Crippen LogP contribution in [0.15, 0.2) is 59.5 Å². The number of aromatic nitrogens is 1. The maximum atomic E-state index is 12.9. The van der Waals surface area contributed by atoms with Crippen molar-refractivity contribution in [3.05, 3.63) is 60.3 Å². The van der Waals surface area contributed by atoms with Crippen LogP contribution in [0.2, 0.25) is 0 Å². The third kappa shape index (κ3) is 5.12. The number of para-hydroxylation sites is 1. The molecule has 1 aromatic heterocycles. The van der Waals surface area contributed by atoms with Gasteiger partial charge >= 0.3 is 0 Å². The summed E-state index contributed by atoms with van der Waals surface area (Å²) in [6, 6.07) is 17.4. The molecule has 8 heteroatoms. The number of hydrogen-bond donors (Lipinski definition) is 1. The monoisotopic (exact) mass is 462 g/mol. The van der Waals surface area contributed by atoms with Gasteiger partial charge in [-0.05, 0) is 36.8 Å². The Morgan fingerprint density at radius 2 is 1.91 bits per heavy atom. The lowest BCUT2D eigenvalue weighted by molar-refractivity contribution is -0.113. The second-order valence-electron chi connectivity index (χ2n) is 8.22. The van der Waals surface area contributed by atoms with Crippen molar-refractivity contribution in [1.82, 2.24) is 14.8 Å². The summed E-state index contributed by atoms with van der Waals surface area (Å²) < 4.78 is 5.92. The molecular weight excluding hydrogens is 436 g/mol. The van der Waals surface area contributed by atoms with Crippen molar-refractivity contribution in [3.8, 4) is 5.75 Å². The van der Waals surface area contributed by atoms with E-state index in [4.69, 9.17) is 4.74 Å². The van der Waals surface area contributed by atoms with E-state index in [1.807, 2.05) is 59.5 Å². The number of benzene rings is 2. The number of piperazine rings is 1. The van der Waals surface area contributed by atoms with E-state index in [9.17, 15) is 9.59 Å². The lowest BCUT2D eigenvalue weighted by atomic mass is 10.2. The molecule has 7 nitrogen and oxygen atoms in total. The van der Waals surface area contributed by atoms with Gasteiger partial charge in [-0.15, -0.1) is 11.8 Å². The summed E-state index contributed by atoms with van der Waals surface area (Å²) in [5, 5.41) is 3.92. The molecular formula is C25H26N4O3S. The zero-order chi connectivity index (χ0) is 22.6. The zero-order valence-corrected chi connectivity index (χ0v) is 19.1. The fraction of sp³-hybridized carbons (Fsp3) is 0.320. The third-order valence-corrected chi connectivity index (χ3v) is 7.01. The maximum Gasteiger partial charge on any atom is 0.272 e. The van der Waals surface area contributed by atoms with Crippen LogP contribution in [0, 0.1) is 0 Å². The van der Waals surface area contributed by atoms with Crippen molar-refractivity contribution in [2.75, 3.05) is 50.4 Å². The summed E-state index contributed by atoms with van der Waals surface area (Å²) in [6.45, 7) is 4.70. The normalized spacial score (nSPS) is 16.4. The quantitative estimate of drug-likeness (QED) is 0.565. The first kappa shape index (κ1) is 21.7. The molecule has 2 aliphatic rings. The summed E-state index contributed by atoms with van der Waals surface area (Å²) in [5.41, 5.74) is 2.22. The Hall–Kier alpha value is -3.10. The van der Waals surface area contributed by atoms with Crippen molar-refractivity contribution < 1.29 is 14.3 Å². The van der Waals surface area contributed by atoms with Crippen LogP contribution in [0.3, 0.4) is 0 Å². The predicted octanol–water partition coefficient (Wildman–Crippen LogP) is 3.51. The highest BCUT2D eigenvalue weighted by atomic mass is 32.2. The van der Waals surface area contributed by atoms with Crippen LogP contribution in [0.5, 0.6) is 5.75 Å². The Balaban J connectivity index is 1.06. The van der Waals surface area contributed by atoms with Gasteiger partial charge in [0.25, 0.3) is 5.91 Å². The van der Waals surface area contributed by atoms with E-state index in [0.29, 0.717) is 31.1 Å². The molecule has 170 valence electrons. The molecule has 0 unspecified atom stereocenters. The van der Waals surface area contributed by atoms with E-state index in [0.717, 1.165) is 53.3 Å². The van der Waals surface area contributed by atoms with Gasteiger partial charge in [-0.25, -0.2) is 4.98 Å². The molecule has 2 aromatic carbocycles. The number of ether oxygens (including phenoxy) is 1. The molecule has 5 rings (SSSR count). The van der Waals surface area contributed by atoms with E-state index < -0.39 is 0 Å². The summed E-state index contributed by atoms with van der Waals surface area (Å²) in [7, 11) is 0. The molecule has 0 saturated carbocycles. The highest BCUT2D eigenvalue weighted by Gasteiger charge is 2.23. The highest BCUT2D eigenvalue weighted by molar-refractivity contribution is 8.00. The van der Waals surface area contributed by atoms with E-state index in [2.05, 4.69) is 15.2 Å². The number of nitrogens with one attached hydrogen (secondary N) is 1. The first-order valence-corrected chi connectivity index (χ1v) is 12.2. The molecule has 1 saturated heterocycles. The van der Waals surface area contributed by atoms with Gasteiger partial charge in [0.15, 0.2) is 0 Å². The first-order chi connectivity index (χ1) is 16.2. The minimum atomic E-state index is 0.00482. The van der Waals surface area contributed by atoms with Crippen LogP contribution in [0.25, 0.3) is 10.9 Å². The number of carbonyl (C=O) groups excluding carboxylic acids is 2. The van der Waals surface area contributed by atoms with Crippen molar-refractivity contribution in [2.45, 2.75) is 11.3 Å². The second-order valence-corrected chi connectivity index (χ2v) is 9.24. The number of hydrogen-bond acceptors (Lipinski definition) is 6. The number of rotatable bonds is 6. The number of thioether (sulfide) groups is 1. The predicted molar refractivity (Wildman–Crippen MR) is 130 cm³/mol. The van der Waals surface area contributed by atoms with Crippen LogP contribution in [-0.2, 0) is 4.79 Å². The number of fused-ring (bicyclic) bond motifs is 2. The van der Waals surface area contributed by atoms with Gasteiger partial charge in [0.05, 0.1) is 23.6 Å². The van der Waals surface area contributed by atoms with Gasteiger partial charge in [0.1, 0.15) is 11.4 Å². The maximum absolute atomic E-state index is 12.9. The topological polar surface area (TPSA) is 74.8 Å². The van der Waals surface area contributed by atoms with Crippen molar-refractivity contribution in [2.24, 2.45) is 0 Å². The molecule has 0 aliphatic carbocycles. The van der Waals surface area contributed by atoms with Gasteiger partial charge in [0.2, 0.25) is 5.91 Å². The fourth-order valence-electron chi connectivity index (χ4n) is 4.14. The second kappa shape index (κ2) is 9.80. The molecule has 1 N–H and O–H groups in total. The molecule has 2 amide bonds. The molecule has 2 aliphatic heterocycles.